The summed E-state index contributed by atoms with van der Waals surface area (Å²) < 4.78 is 0. The summed E-state index contributed by atoms with van der Waals surface area (Å²) in [5.74, 6) is 0.889. The van der Waals surface area contributed by atoms with E-state index in [4.69, 9.17) is 0 Å². The lowest BCUT2D eigenvalue weighted by Gasteiger charge is -2.10. The molecule has 2 aromatic rings. The van der Waals surface area contributed by atoms with Gasteiger partial charge >= 0.3 is 0 Å². The molecular formula is C18H23N3S. The van der Waals surface area contributed by atoms with E-state index in [0.717, 1.165) is 34.8 Å². The molecule has 0 bridgehead atoms. The van der Waals surface area contributed by atoms with Crippen LogP contribution in [-0.2, 0) is 0 Å². The summed E-state index contributed by atoms with van der Waals surface area (Å²) in [5.41, 5.74) is 3.46. The van der Waals surface area contributed by atoms with E-state index in [-0.39, 0.29) is 0 Å². The van der Waals surface area contributed by atoms with E-state index < -0.39 is 0 Å². The van der Waals surface area contributed by atoms with Crippen molar-refractivity contribution in [2.24, 2.45) is 4.99 Å². The van der Waals surface area contributed by atoms with Gasteiger partial charge in [-0.05, 0) is 38.1 Å². The Balaban J connectivity index is 2.29. The molecule has 0 saturated carbocycles. The highest BCUT2D eigenvalue weighted by molar-refractivity contribution is 7.14. The monoisotopic (exact) mass is 313 g/mol. The highest BCUT2D eigenvalue weighted by atomic mass is 32.1. The van der Waals surface area contributed by atoms with Crippen molar-refractivity contribution in [1.82, 2.24) is 10.3 Å². The Bertz CT molecular complexity index is 683. The lowest BCUT2D eigenvalue weighted by Crippen LogP contribution is -2.19. The fraction of sp³-hybridized carbons (Fsp3) is 0.333. The van der Waals surface area contributed by atoms with Gasteiger partial charge in [0, 0.05) is 29.2 Å². The summed E-state index contributed by atoms with van der Waals surface area (Å²) in [5, 5.41) is 4.35. The molecule has 0 amide bonds. The SMILES string of the molecule is CCC/C=C/NC(=NC)c1cc(-c2ncc(C)s2)ccc1C. The molecule has 0 fully saturated rings. The Kier molecular flexibility index (Phi) is 5.90. The number of aliphatic imine (C=N–C) groups is 1. The first-order chi connectivity index (χ1) is 10.7. The summed E-state index contributed by atoms with van der Waals surface area (Å²) in [4.78, 5) is 10.1. The van der Waals surface area contributed by atoms with Crippen LogP contribution in [0.25, 0.3) is 10.6 Å². The fourth-order valence-electron chi connectivity index (χ4n) is 2.15. The Morgan fingerprint density at radius 2 is 2.18 bits per heavy atom. The van der Waals surface area contributed by atoms with Crippen LogP contribution in [0.2, 0.25) is 0 Å². The van der Waals surface area contributed by atoms with Gasteiger partial charge in [0.2, 0.25) is 0 Å². The zero-order valence-electron chi connectivity index (χ0n) is 13.7. The molecule has 116 valence electrons. The molecule has 1 N–H and O–H groups in total. The number of nitrogens with one attached hydrogen (secondary N) is 1. The van der Waals surface area contributed by atoms with Crippen LogP contribution in [0.15, 0.2) is 41.7 Å². The molecule has 0 radical (unpaired) electrons. The summed E-state index contributed by atoms with van der Waals surface area (Å²) in [6.45, 7) is 6.35. The minimum absolute atomic E-state index is 0.889. The van der Waals surface area contributed by atoms with Gasteiger partial charge in [0.1, 0.15) is 10.8 Å². The molecule has 22 heavy (non-hydrogen) atoms. The second-order valence-electron chi connectivity index (χ2n) is 5.21. The number of aryl methyl sites for hydroxylation is 2. The second kappa shape index (κ2) is 7.90. The third-order valence-electron chi connectivity index (χ3n) is 3.38. The first-order valence-corrected chi connectivity index (χ1v) is 8.39. The Labute approximate surface area is 136 Å². The Hall–Kier alpha value is -1.94. The van der Waals surface area contributed by atoms with E-state index in [1.165, 1.54) is 10.4 Å². The van der Waals surface area contributed by atoms with Crippen LogP contribution in [0.1, 0.15) is 35.8 Å². The second-order valence-corrected chi connectivity index (χ2v) is 6.45. The molecule has 3 nitrogen and oxygen atoms in total. The number of thiazole rings is 1. The lowest BCUT2D eigenvalue weighted by atomic mass is 10.0. The zero-order chi connectivity index (χ0) is 15.9. The van der Waals surface area contributed by atoms with Crippen molar-refractivity contribution in [3.8, 4) is 10.6 Å². The summed E-state index contributed by atoms with van der Waals surface area (Å²) in [6.07, 6.45) is 8.25. The number of amidine groups is 1. The van der Waals surface area contributed by atoms with Gasteiger partial charge in [-0.1, -0.05) is 31.6 Å². The van der Waals surface area contributed by atoms with Crippen LogP contribution in [0.3, 0.4) is 0 Å². The lowest BCUT2D eigenvalue weighted by molar-refractivity contribution is 0.951. The molecule has 0 unspecified atom stereocenters. The zero-order valence-corrected chi connectivity index (χ0v) is 14.5. The number of allylic oxidation sites excluding steroid dienone is 1. The van der Waals surface area contributed by atoms with E-state index in [0.29, 0.717) is 0 Å². The number of rotatable bonds is 5. The predicted molar refractivity (Wildman–Crippen MR) is 96.7 cm³/mol. The molecule has 2 rings (SSSR count). The van der Waals surface area contributed by atoms with Crippen molar-refractivity contribution in [2.45, 2.75) is 33.6 Å². The molecule has 0 saturated heterocycles. The van der Waals surface area contributed by atoms with Crippen LogP contribution >= 0.6 is 11.3 Å². The van der Waals surface area contributed by atoms with Crippen molar-refractivity contribution in [3.05, 3.63) is 52.7 Å². The molecule has 0 aliphatic carbocycles. The largest absolute Gasteiger partial charge is 0.347 e. The van der Waals surface area contributed by atoms with E-state index in [2.05, 4.69) is 60.3 Å². The van der Waals surface area contributed by atoms with Crippen molar-refractivity contribution in [3.63, 3.8) is 0 Å². The molecule has 1 aromatic heterocycles. The Morgan fingerprint density at radius 3 is 2.82 bits per heavy atom. The molecule has 0 atom stereocenters. The quantitative estimate of drug-likeness (QED) is 0.641. The summed E-state index contributed by atoms with van der Waals surface area (Å²) in [6, 6.07) is 6.41. The molecule has 1 heterocycles. The summed E-state index contributed by atoms with van der Waals surface area (Å²) >= 11 is 1.71. The maximum Gasteiger partial charge on any atom is 0.132 e. The number of aromatic nitrogens is 1. The van der Waals surface area contributed by atoms with Gasteiger partial charge < -0.3 is 5.32 Å². The van der Waals surface area contributed by atoms with Gasteiger partial charge in [-0.15, -0.1) is 11.3 Å². The minimum Gasteiger partial charge on any atom is -0.347 e. The fourth-order valence-corrected chi connectivity index (χ4v) is 2.91. The summed E-state index contributed by atoms with van der Waals surface area (Å²) in [7, 11) is 1.82. The van der Waals surface area contributed by atoms with Crippen molar-refractivity contribution < 1.29 is 0 Å². The molecular weight excluding hydrogens is 290 g/mol. The van der Waals surface area contributed by atoms with Gasteiger partial charge in [-0.3, -0.25) is 4.99 Å². The van der Waals surface area contributed by atoms with Gasteiger partial charge in [-0.2, -0.15) is 0 Å². The topological polar surface area (TPSA) is 37.3 Å². The van der Waals surface area contributed by atoms with Gasteiger partial charge in [0.25, 0.3) is 0 Å². The van der Waals surface area contributed by atoms with Crippen LogP contribution in [0.5, 0.6) is 0 Å². The normalized spacial score (nSPS) is 12.1. The predicted octanol–water partition coefficient (Wildman–Crippen LogP) is 4.71. The van der Waals surface area contributed by atoms with Crippen molar-refractivity contribution in [2.75, 3.05) is 7.05 Å². The van der Waals surface area contributed by atoms with E-state index >= 15 is 0 Å². The van der Waals surface area contributed by atoms with Crippen LogP contribution in [0.4, 0.5) is 0 Å². The standard InChI is InChI=1S/C18H23N3S/c1-5-6-7-10-20-17(19-4)16-11-15(9-8-13(16)2)18-21-12-14(3)22-18/h7-12H,5-6H2,1-4H3,(H,19,20)/b10-7+. The van der Waals surface area contributed by atoms with Crippen LogP contribution in [-0.4, -0.2) is 17.9 Å². The number of hydrogen-bond acceptors (Lipinski definition) is 3. The maximum absolute atomic E-state index is 4.47. The van der Waals surface area contributed by atoms with Crippen LogP contribution < -0.4 is 5.32 Å². The maximum atomic E-state index is 4.47. The number of unbranched alkanes of at least 4 members (excludes halogenated alkanes) is 1. The average Bonchev–Trinajstić information content (AvgIpc) is 2.95. The smallest absolute Gasteiger partial charge is 0.132 e. The first-order valence-electron chi connectivity index (χ1n) is 7.57. The van der Waals surface area contributed by atoms with Crippen molar-refractivity contribution in [1.29, 1.82) is 0 Å². The highest BCUT2D eigenvalue weighted by Crippen LogP contribution is 2.26. The van der Waals surface area contributed by atoms with E-state index in [1.54, 1.807) is 11.3 Å². The van der Waals surface area contributed by atoms with Gasteiger partial charge in [0.15, 0.2) is 0 Å². The van der Waals surface area contributed by atoms with E-state index in [9.17, 15) is 0 Å². The number of hydrogen-bond donors (Lipinski definition) is 1. The molecule has 0 aliphatic rings. The molecule has 1 aromatic carbocycles. The molecule has 0 spiro atoms. The molecule has 4 heteroatoms. The molecule has 0 aliphatic heterocycles. The average molecular weight is 313 g/mol. The third kappa shape index (κ3) is 4.04. The van der Waals surface area contributed by atoms with Crippen LogP contribution in [0, 0.1) is 13.8 Å². The van der Waals surface area contributed by atoms with Gasteiger partial charge in [-0.25, -0.2) is 4.98 Å². The van der Waals surface area contributed by atoms with Crippen molar-refractivity contribution >= 4 is 17.2 Å². The number of benzene rings is 1. The van der Waals surface area contributed by atoms with Gasteiger partial charge in [0.05, 0.1) is 0 Å². The Morgan fingerprint density at radius 1 is 1.36 bits per heavy atom. The number of nitrogens with zero attached hydrogens (tertiary/aromatic N) is 2. The first kappa shape index (κ1) is 16.4. The minimum atomic E-state index is 0.889. The third-order valence-corrected chi connectivity index (χ3v) is 4.34. The highest BCUT2D eigenvalue weighted by Gasteiger charge is 2.09. The van der Waals surface area contributed by atoms with E-state index in [1.807, 2.05) is 19.4 Å².